The Morgan fingerprint density at radius 1 is 1.15 bits per heavy atom. The zero-order valence-corrected chi connectivity index (χ0v) is 15.7. The molecule has 5 nitrogen and oxygen atoms in total. The Morgan fingerprint density at radius 3 is 2.78 bits per heavy atom. The van der Waals surface area contributed by atoms with Gasteiger partial charge in [0.25, 0.3) is 0 Å². The number of rotatable bonds is 2. The van der Waals surface area contributed by atoms with Gasteiger partial charge in [-0.05, 0) is 41.7 Å². The van der Waals surface area contributed by atoms with Crippen molar-refractivity contribution in [2.24, 2.45) is 5.92 Å². The molecule has 2 aromatic carbocycles. The molecular formula is C21H20N2O3S. The van der Waals surface area contributed by atoms with E-state index in [1.165, 1.54) is 11.8 Å². The Kier molecular flexibility index (Phi) is 3.58. The van der Waals surface area contributed by atoms with Crippen LogP contribution in [-0.4, -0.2) is 29.3 Å². The molecule has 3 atom stereocenters. The topological polar surface area (TPSA) is 72.2 Å². The van der Waals surface area contributed by atoms with E-state index in [1.807, 2.05) is 30.7 Å². The minimum atomic E-state index is -3.31. The van der Waals surface area contributed by atoms with E-state index in [9.17, 15) is 13.5 Å². The first-order chi connectivity index (χ1) is 12.9. The molecule has 2 unspecified atom stereocenters. The predicted octanol–water partition coefficient (Wildman–Crippen LogP) is 3.15. The number of sulfone groups is 1. The van der Waals surface area contributed by atoms with Crippen molar-refractivity contribution in [3.8, 4) is 11.3 Å². The number of hydrogen-bond donors (Lipinski definition) is 1. The van der Waals surface area contributed by atoms with Crippen LogP contribution in [0.4, 0.5) is 0 Å². The van der Waals surface area contributed by atoms with Crippen LogP contribution in [0.15, 0.2) is 59.9 Å². The van der Waals surface area contributed by atoms with E-state index in [2.05, 4.69) is 21.7 Å². The molecule has 27 heavy (non-hydrogen) atoms. The summed E-state index contributed by atoms with van der Waals surface area (Å²) in [6.45, 7) is 0. The fourth-order valence-electron chi connectivity index (χ4n) is 4.66. The molecule has 2 aliphatic rings. The van der Waals surface area contributed by atoms with Crippen LogP contribution >= 0.6 is 0 Å². The van der Waals surface area contributed by atoms with Gasteiger partial charge in [-0.2, -0.15) is 0 Å². The third kappa shape index (κ3) is 2.47. The largest absolute Gasteiger partial charge is 0.388 e. The monoisotopic (exact) mass is 380 g/mol. The van der Waals surface area contributed by atoms with Gasteiger partial charge in [0.1, 0.15) is 0 Å². The Balaban J connectivity index is 1.61. The second-order valence-electron chi connectivity index (χ2n) is 7.50. The van der Waals surface area contributed by atoms with Gasteiger partial charge >= 0.3 is 0 Å². The molecule has 1 aliphatic heterocycles. The van der Waals surface area contributed by atoms with Crippen LogP contribution in [0.25, 0.3) is 11.3 Å². The van der Waals surface area contributed by atoms with E-state index in [0.29, 0.717) is 0 Å². The summed E-state index contributed by atoms with van der Waals surface area (Å²) < 4.78 is 26.1. The molecule has 0 spiro atoms. The summed E-state index contributed by atoms with van der Waals surface area (Å²) >= 11 is 0. The second kappa shape index (κ2) is 5.78. The van der Waals surface area contributed by atoms with Crippen molar-refractivity contribution >= 4 is 9.84 Å². The Hall–Kier alpha value is -2.44. The average Bonchev–Trinajstić information content (AvgIpc) is 3.23. The first kappa shape index (κ1) is 16.7. The van der Waals surface area contributed by atoms with Crippen molar-refractivity contribution in [2.75, 3.05) is 6.26 Å². The van der Waals surface area contributed by atoms with Gasteiger partial charge in [-0.1, -0.05) is 30.3 Å². The predicted molar refractivity (Wildman–Crippen MR) is 102 cm³/mol. The molecule has 0 radical (unpaired) electrons. The molecule has 0 saturated carbocycles. The molecule has 5 rings (SSSR count). The first-order valence-electron chi connectivity index (χ1n) is 9.07. The molecule has 0 saturated heterocycles. The van der Waals surface area contributed by atoms with Gasteiger partial charge in [-0.15, -0.1) is 0 Å². The third-order valence-electron chi connectivity index (χ3n) is 5.94. The quantitative estimate of drug-likeness (QED) is 0.741. The number of benzene rings is 2. The van der Waals surface area contributed by atoms with Crippen LogP contribution in [0.1, 0.15) is 35.3 Å². The number of imidazole rings is 1. The van der Waals surface area contributed by atoms with E-state index in [4.69, 9.17) is 0 Å². The smallest absolute Gasteiger partial charge is 0.175 e. The van der Waals surface area contributed by atoms with Crippen LogP contribution in [0.3, 0.4) is 0 Å². The second-order valence-corrected chi connectivity index (χ2v) is 9.51. The molecule has 2 heterocycles. The minimum absolute atomic E-state index is 0.00346. The lowest BCUT2D eigenvalue weighted by Crippen LogP contribution is -2.28. The maximum absolute atomic E-state index is 12.0. The van der Waals surface area contributed by atoms with Crippen LogP contribution < -0.4 is 0 Å². The maximum Gasteiger partial charge on any atom is 0.175 e. The van der Waals surface area contributed by atoms with Gasteiger partial charge in [0, 0.05) is 17.7 Å². The van der Waals surface area contributed by atoms with Gasteiger partial charge in [0.05, 0.1) is 35.3 Å². The number of nitrogens with zero attached hydrogens (tertiary/aromatic N) is 2. The average molecular weight is 380 g/mol. The van der Waals surface area contributed by atoms with Crippen molar-refractivity contribution < 1.29 is 13.5 Å². The number of fused-ring (bicyclic) bond motifs is 4. The van der Waals surface area contributed by atoms with Crippen molar-refractivity contribution in [1.82, 2.24) is 9.55 Å². The molecular weight excluding hydrogens is 360 g/mol. The van der Waals surface area contributed by atoms with Crippen LogP contribution in [0, 0.1) is 5.92 Å². The lowest BCUT2D eigenvalue weighted by atomic mass is 9.76. The standard InChI is InChI=1S/C21H20N2O3S/c1-27(25,26)14-8-6-13-7-9-17(21(24)18(13)10-14)20-16-5-3-2-4-15(16)19-11-22-12-23(19)20/h2-6,8,10-12,17,20-21,24H,7,9H2,1H3/t17?,20-,21?/m1/s1. The molecule has 0 bridgehead atoms. The van der Waals surface area contributed by atoms with E-state index >= 15 is 0 Å². The summed E-state index contributed by atoms with van der Waals surface area (Å²) in [5.41, 5.74) is 5.19. The molecule has 6 heteroatoms. The van der Waals surface area contributed by atoms with Crippen molar-refractivity contribution in [1.29, 1.82) is 0 Å². The van der Waals surface area contributed by atoms with E-state index < -0.39 is 15.9 Å². The number of aromatic nitrogens is 2. The van der Waals surface area contributed by atoms with Gasteiger partial charge in [0.2, 0.25) is 0 Å². The molecule has 3 aromatic rings. The van der Waals surface area contributed by atoms with Gasteiger partial charge < -0.3 is 9.67 Å². The van der Waals surface area contributed by atoms with Crippen LogP contribution in [0.5, 0.6) is 0 Å². The van der Waals surface area contributed by atoms with Crippen molar-refractivity contribution in [3.63, 3.8) is 0 Å². The summed E-state index contributed by atoms with van der Waals surface area (Å²) in [6.07, 6.45) is 5.83. The van der Waals surface area contributed by atoms with Crippen LogP contribution in [0.2, 0.25) is 0 Å². The highest BCUT2D eigenvalue weighted by molar-refractivity contribution is 7.90. The minimum Gasteiger partial charge on any atom is -0.388 e. The van der Waals surface area contributed by atoms with Crippen molar-refractivity contribution in [3.05, 3.63) is 71.7 Å². The molecule has 138 valence electrons. The summed E-state index contributed by atoms with van der Waals surface area (Å²) in [4.78, 5) is 4.57. The Labute approximate surface area is 158 Å². The number of aliphatic hydroxyl groups is 1. The molecule has 0 fully saturated rings. The lowest BCUT2D eigenvalue weighted by Gasteiger charge is -2.35. The molecule has 1 aliphatic carbocycles. The zero-order chi connectivity index (χ0) is 18.8. The summed E-state index contributed by atoms with van der Waals surface area (Å²) in [7, 11) is -3.31. The highest BCUT2D eigenvalue weighted by Crippen LogP contribution is 2.49. The first-order valence-corrected chi connectivity index (χ1v) is 11.0. The highest BCUT2D eigenvalue weighted by atomic mass is 32.2. The van der Waals surface area contributed by atoms with Crippen LogP contribution in [-0.2, 0) is 16.3 Å². The fourth-order valence-corrected chi connectivity index (χ4v) is 5.31. The lowest BCUT2D eigenvalue weighted by molar-refractivity contribution is 0.0718. The summed E-state index contributed by atoms with van der Waals surface area (Å²) in [5, 5.41) is 11.2. The molecule has 1 N–H and O–H groups in total. The van der Waals surface area contributed by atoms with E-state index in [-0.39, 0.29) is 16.9 Å². The highest BCUT2D eigenvalue weighted by Gasteiger charge is 2.40. The Bertz CT molecular complexity index is 1150. The van der Waals surface area contributed by atoms with Gasteiger partial charge in [-0.25, -0.2) is 13.4 Å². The zero-order valence-electron chi connectivity index (χ0n) is 14.9. The van der Waals surface area contributed by atoms with E-state index in [1.54, 1.807) is 12.1 Å². The Morgan fingerprint density at radius 2 is 1.96 bits per heavy atom. The molecule has 1 aromatic heterocycles. The maximum atomic E-state index is 12.0. The number of hydrogen-bond acceptors (Lipinski definition) is 4. The van der Waals surface area contributed by atoms with Gasteiger partial charge in [-0.3, -0.25) is 0 Å². The van der Waals surface area contributed by atoms with Crippen molar-refractivity contribution in [2.45, 2.75) is 29.9 Å². The third-order valence-corrected chi connectivity index (χ3v) is 7.05. The van der Waals surface area contributed by atoms with E-state index in [0.717, 1.165) is 35.2 Å². The molecule has 0 amide bonds. The SMILES string of the molecule is CS(=O)(=O)c1ccc2c(c1)C(O)C([C@H]1c3ccccc3-c3cncn31)CC2. The fraction of sp³-hybridized carbons (Fsp3) is 0.286. The van der Waals surface area contributed by atoms with Gasteiger partial charge in [0.15, 0.2) is 9.84 Å². The summed E-state index contributed by atoms with van der Waals surface area (Å²) in [5.74, 6) is -0.0380. The number of aryl methyl sites for hydroxylation is 1. The normalized spacial score (nSPS) is 23.6. The summed E-state index contributed by atoms with van der Waals surface area (Å²) in [6, 6.07) is 13.4. The number of aliphatic hydroxyl groups excluding tert-OH is 1.